The van der Waals surface area contributed by atoms with Crippen LogP contribution in [0, 0.1) is 12.8 Å². The van der Waals surface area contributed by atoms with Crippen molar-refractivity contribution in [2.45, 2.75) is 27.3 Å². The van der Waals surface area contributed by atoms with Crippen LogP contribution >= 0.6 is 0 Å². The van der Waals surface area contributed by atoms with Gasteiger partial charge < -0.3 is 14.6 Å². The lowest BCUT2D eigenvalue weighted by Gasteiger charge is -2.12. The first-order chi connectivity index (χ1) is 9.65. The molecule has 1 aromatic heterocycles. The third-order valence-corrected chi connectivity index (χ3v) is 2.91. The molecule has 0 fully saturated rings. The van der Waals surface area contributed by atoms with Gasteiger partial charge >= 0.3 is 0 Å². The smallest absolute Gasteiger partial charge is 0.203 e. The van der Waals surface area contributed by atoms with E-state index in [9.17, 15) is 0 Å². The minimum atomic E-state index is 0.598. The Labute approximate surface area is 120 Å². The molecule has 0 atom stereocenters. The highest BCUT2D eigenvalue weighted by Gasteiger charge is 2.06. The molecule has 0 spiro atoms. The van der Waals surface area contributed by atoms with E-state index in [1.807, 2.05) is 37.3 Å². The molecule has 1 N–H and O–H groups in total. The standard InChI is InChI=1S/C16H23N3O/c1-13(2)11-17-16-18-14(3)12-19(16)9-10-20-15-7-5-4-6-8-15/h4-8,12-13H,9-11H2,1-3H3,(H,17,18). The summed E-state index contributed by atoms with van der Waals surface area (Å²) < 4.78 is 7.84. The maximum Gasteiger partial charge on any atom is 0.203 e. The molecule has 0 amide bonds. The fourth-order valence-electron chi connectivity index (χ4n) is 1.93. The van der Waals surface area contributed by atoms with Crippen LogP contribution in [0.4, 0.5) is 5.95 Å². The molecule has 2 rings (SSSR count). The van der Waals surface area contributed by atoms with Gasteiger partial charge in [-0.15, -0.1) is 0 Å². The molecule has 20 heavy (non-hydrogen) atoms. The second-order valence-corrected chi connectivity index (χ2v) is 5.34. The predicted octanol–water partition coefficient (Wildman–Crippen LogP) is 3.34. The third-order valence-electron chi connectivity index (χ3n) is 2.91. The van der Waals surface area contributed by atoms with Crippen LogP contribution in [0.1, 0.15) is 19.5 Å². The van der Waals surface area contributed by atoms with Crippen LogP contribution in [-0.4, -0.2) is 22.7 Å². The Morgan fingerprint density at radius 3 is 2.70 bits per heavy atom. The summed E-state index contributed by atoms with van der Waals surface area (Å²) in [5.41, 5.74) is 1.02. The number of aryl methyl sites for hydroxylation is 1. The van der Waals surface area contributed by atoms with E-state index in [2.05, 4.69) is 34.9 Å². The lowest BCUT2D eigenvalue weighted by Crippen LogP contribution is -2.15. The summed E-state index contributed by atoms with van der Waals surface area (Å²) in [5, 5.41) is 3.38. The SMILES string of the molecule is Cc1cn(CCOc2ccccc2)c(NCC(C)C)n1. The van der Waals surface area contributed by atoms with Crippen molar-refractivity contribution in [1.82, 2.24) is 9.55 Å². The van der Waals surface area contributed by atoms with E-state index in [0.717, 1.165) is 30.5 Å². The summed E-state index contributed by atoms with van der Waals surface area (Å²) in [6.45, 7) is 8.73. The molecular weight excluding hydrogens is 250 g/mol. The van der Waals surface area contributed by atoms with Gasteiger partial charge in [0.05, 0.1) is 12.2 Å². The minimum Gasteiger partial charge on any atom is -0.492 e. The first kappa shape index (κ1) is 14.4. The summed E-state index contributed by atoms with van der Waals surface area (Å²) in [7, 11) is 0. The summed E-state index contributed by atoms with van der Waals surface area (Å²) in [6, 6.07) is 9.88. The number of anilines is 1. The molecular formula is C16H23N3O. The Hall–Kier alpha value is -1.97. The van der Waals surface area contributed by atoms with Crippen LogP contribution in [0.15, 0.2) is 36.5 Å². The first-order valence-electron chi connectivity index (χ1n) is 7.10. The summed E-state index contributed by atoms with van der Waals surface area (Å²) in [4.78, 5) is 4.50. The maximum atomic E-state index is 5.72. The molecule has 0 unspecified atom stereocenters. The van der Waals surface area contributed by atoms with Crippen LogP contribution in [0.5, 0.6) is 5.75 Å². The second kappa shape index (κ2) is 6.98. The van der Waals surface area contributed by atoms with Gasteiger partial charge in [0.25, 0.3) is 0 Å². The fourth-order valence-corrected chi connectivity index (χ4v) is 1.93. The Kier molecular flexibility index (Phi) is 5.04. The number of nitrogens with zero attached hydrogens (tertiary/aromatic N) is 2. The van der Waals surface area contributed by atoms with E-state index in [0.29, 0.717) is 12.5 Å². The molecule has 0 radical (unpaired) electrons. The molecule has 2 aromatic rings. The topological polar surface area (TPSA) is 39.1 Å². The van der Waals surface area contributed by atoms with Crippen molar-refractivity contribution in [1.29, 1.82) is 0 Å². The minimum absolute atomic E-state index is 0.598. The van der Waals surface area contributed by atoms with Crippen LogP contribution in [0.3, 0.4) is 0 Å². The number of rotatable bonds is 7. The number of hydrogen-bond donors (Lipinski definition) is 1. The van der Waals surface area contributed by atoms with Crippen LogP contribution < -0.4 is 10.1 Å². The number of para-hydroxylation sites is 1. The van der Waals surface area contributed by atoms with Crippen molar-refractivity contribution in [2.75, 3.05) is 18.5 Å². The van der Waals surface area contributed by atoms with E-state index < -0.39 is 0 Å². The predicted molar refractivity (Wildman–Crippen MR) is 82.2 cm³/mol. The highest BCUT2D eigenvalue weighted by molar-refractivity contribution is 5.28. The second-order valence-electron chi connectivity index (χ2n) is 5.34. The molecule has 0 aliphatic carbocycles. The number of imidazole rings is 1. The lowest BCUT2D eigenvalue weighted by atomic mass is 10.2. The quantitative estimate of drug-likeness (QED) is 0.841. The van der Waals surface area contributed by atoms with E-state index in [4.69, 9.17) is 4.74 Å². The largest absolute Gasteiger partial charge is 0.492 e. The maximum absolute atomic E-state index is 5.72. The van der Waals surface area contributed by atoms with Gasteiger partial charge in [0.1, 0.15) is 12.4 Å². The fraction of sp³-hybridized carbons (Fsp3) is 0.438. The van der Waals surface area contributed by atoms with Crippen molar-refractivity contribution < 1.29 is 4.74 Å². The van der Waals surface area contributed by atoms with Crippen molar-refractivity contribution in [3.63, 3.8) is 0 Å². The molecule has 1 heterocycles. The molecule has 108 valence electrons. The monoisotopic (exact) mass is 273 g/mol. The molecule has 0 aliphatic rings. The number of nitrogens with one attached hydrogen (secondary N) is 1. The van der Waals surface area contributed by atoms with Gasteiger partial charge in [-0.05, 0) is 25.0 Å². The first-order valence-corrected chi connectivity index (χ1v) is 7.10. The molecule has 1 aromatic carbocycles. The van der Waals surface area contributed by atoms with Gasteiger partial charge in [0, 0.05) is 12.7 Å². The highest BCUT2D eigenvalue weighted by atomic mass is 16.5. The zero-order valence-corrected chi connectivity index (χ0v) is 12.5. The average molecular weight is 273 g/mol. The Bertz CT molecular complexity index is 520. The van der Waals surface area contributed by atoms with E-state index >= 15 is 0 Å². The normalized spacial score (nSPS) is 10.8. The molecule has 0 aliphatic heterocycles. The molecule has 4 heteroatoms. The summed E-state index contributed by atoms with van der Waals surface area (Å²) in [5.74, 6) is 2.43. The summed E-state index contributed by atoms with van der Waals surface area (Å²) in [6.07, 6.45) is 2.05. The van der Waals surface area contributed by atoms with Crippen molar-refractivity contribution in [2.24, 2.45) is 5.92 Å². The van der Waals surface area contributed by atoms with E-state index in [-0.39, 0.29) is 0 Å². The van der Waals surface area contributed by atoms with Crippen LogP contribution in [0.2, 0.25) is 0 Å². The number of hydrogen-bond acceptors (Lipinski definition) is 3. The van der Waals surface area contributed by atoms with Crippen LogP contribution in [0.25, 0.3) is 0 Å². The number of benzene rings is 1. The average Bonchev–Trinajstić information content (AvgIpc) is 2.78. The lowest BCUT2D eigenvalue weighted by molar-refractivity contribution is 0.299. The highest BCUT2D eigenvalue weighted by Crippen LogP contribution is 2.11. The summed E-state index contributed by atoms with van der Waals surface area (Å²) >= 11 is 0. The van der Waals surface area contributed by atoms with Gasteiger partial charge in [0.15, 0.2) is 0 Å². The molecule has 0 saturated carbocycles. The Morgan fingerprint density at radius 1 is 1.25 bits per heavy atom. The van der Waals surface area contributed by atoms with Gasteiger partial charge in [-0.25, -0.2) is 4.98 Å². The van der Waals surface area contributed by atoms with Crippen LogP contribution in [-0.2, 0) is 6.54 Å². The third kappa shape index (κ3) is 4.30. The Morgan fingerprint density at radius 2 is 2.00 bits per heavy atom. The number of ether oxygens (including phenoxy) is 1. The van der Waals surface area contributed by atoms with Crippen molar-refractivity contribution in [3.8, 4) is 5.75 Å². The zero-order chi connectivity index (χ0) is 14.4. The van der Waals surface area contributed by atoms with Gasteiger partial charge in [-0.3, -0.25) is 0 Å². The molecule has 0 saturated heterocycles. The van der Waals surface area contributed by atoms with Crippen molar-refractivity contribution >= 4 is 5.95 Å². The van der Waals surface area contributed by atoms with Gasteiger partial charge in [0.2, 0.25) is 5.95 Å². The van der Waals surface area contributed by atoms with E-state index in [1.54, 1.807) is 0 Å². The molecule has 0 bridgehead atoms. The number of aromatic nitrogens is 2. The molecule has 4 nitrogen and oxygen atoms in total. The zero-order valence-electron chi connectivity index (χ0n) is 12.5. The van der Waals surface area contributed by atoms with Gasteiger partial charge in [-0.1, -0.05) is 32.0 Å². The van der Waals surface area contributed by atoms with E-state index in [1.165, 1.54) is 0 Å². The van der Waals surface area contributed by atoms with Gasteiger partial charge in [-0.2, -0.15) is 0 Å². The Balaban J connectivity index is 1.88. The van der Waals surface area contributed by atoms with Crippen molar-refractivity contribution in [3.05, 3.63) is 42.2 Å².